The molecule has 0 spiro atoms. The monoisotopic (exact) mass is 218 g/mol. The molecule has 0 atom stereocenters. The Bertz CT molecular complexity index is 510. The van der Waals surface area contributed by atoms with Gasteiger partial charge >= 0.3 is 6.18 Å². The quantitative estimate of drug-likeness (QED) is 0.611. The number of aryl methyl sites for hydroxylation is 1. The molecule has 80 valence electrons. The molecule has 0 aliphatic heterocycles. The summed E-state index contributed by atoms with van der Waals surface area (Å²) < 4.78 is 54.9. The van der Waals surface area contributed by atoms with E-state index in [4.69, 9.17) is 4.42 Å². The third-order valence-corrected chi connectivity index (χ3v) is 2.16. The van der Waals surface area contributed by atoms with E-state index in [9.17, 15) is 17.6 Å². The van der Waals surface area contributed by atoms with Crippen molar-refractivity contribution in [3.05, 3.63) is 35.3 Å². The Morgan fingerprint density at radius 1 is 1.20 bits per heavy atom. The Hall–Kier alpha value is -1.52. The first-order chi connectivity index (χ1) is 6.89. The average Bonchev–Trinajstić information content (AvgIpc) is 2.45. The van der Waals surface area contributed by atoms with Crippen molar-refractivity contribution in [3.8, 4) is 0 Å². The molecule has 2 aromatic rings. The van der Waals surface area contributed by atoms with Gasteiger partial charge in [-0.3, -0.25) is 0 Å². The first-order valence-electron chi connectivity index (χ1n) is 4.14. The van der Waals surface area contributed by atoms with E-state index in [1.165, 1.54) is 6.26 Å². The minimum absolute atomic E-state index is 0.0428. The van der Waals surface area contributed by atoms with Gasteiger partial charge in [-0.2, -0.15) is 13.2 Å². The van der Waals surface area contributed by atoms with Crippen molar-refractivity contribution in [1.82, 2.24) is 0 Å². The smallest absolute Gasteiger partial charge is 0.419 e. The molecule has 0 N–H and O–H groups in total. The van der Waals surface area contributed by atoms with Crippen molar-refractivity contribution >= 4 is 11.0 Å². The molecule has 0 saturated carbocycles. The van der Waals surface area contributed by atoms with Gasteiger partial charge in [-0.15, -0.1) is 0 Å². The van der Waals surface area contributed by atoms with E-state index in [1.807, 2.05) is 0 Å². The van der Waals surface area contributed by atoms with Gasteiger partial charge in [0.05, 0.1) is 11.8 Å². The third kappa shape index (κ3) is 1.58. The predicted octanol–water partition coefficient (Wildman–Crippen LogP) is 3.90. The lowest BCUT2D eigenvalue weighted by atomic mass is 10.1. The molecule has 15 heavy (non-hydrogen) atoms. The molecule has 0 aliphatic rings. The summed E-state index contributed by atoms with van der Waals surface area (Å²) in [6.45, 7) is 1.64. The van der Waals surface area contributed by atoms with Crippen LogP contribution < -0.4 is 0 Å². The van der Waals surface area contributed by atoms with Crippen molar-refractivity contribution < 1.29 is 22.0 Å². The van der Waals surface area contributed by atoms with E-state index in [-0.39, 0.29) is 5.58 Å². The van der Waals surface area contributed by atoms with Crippen LogP contribution in [0.25, 0.3) is 11.0 Å². The topological polar surface area (TPSA) is 13.1 Å². The average molecular weight is 218 g/mol. The van der Waals surface area contributed by atoms with Crippen LogP contribution in [0.4, 0.5) is 17.6 Å². The maximum absolute atomic E-state index is 13.1. The van der Waals surface area contributed by atoms with E-state index in [1.54, 1.807) is 6.92 Å². The second-order valence-electron chi connectivity index (χ2n) is 3.24. The molecule has 2 rings (SSSR count). The second-order valence-corrected chi connectivity index (χ2v) is 3.24. The van der Waals surface area contributed by atoms with E-state index >= 15 is 0 Å². The van der Waals surface area contributed by atoms with Crippen LogP contribution in [0, 0.1) is 12.7 Å². The second kappa shape index (κ2) is 2.98. The number of hydrogen-bond donors (Lipinski definition) is 0. The number of rotatable bonds is 0. The third-order valence-electron chi connectivity index (χ3n) is 2.16. The number of halogens is 4. The molecular formula is C10H6F4O. The summed E-state index contributed by atoms with van der Waals surface area (Å²) >= 11 is 0. The standard InChI is InChI=1S/C10H6F4O/c1-5-4-15-9-3-7(10(12,13)14)8(11)2-6(5)9/h2-4H,1H3. The largest absolute Gasteiger partial charge is 0.464 e. The summed E-state index contributed by atoms with van der Waals surface area (Å²) in [6, 6.07) is 1.52. The first kappa shape index (κ1) is 10.0. The predicted molar refractivity (Wildman–Crippen MR) is 45.9 cm³/mol. The molecule has 0 saturated heterocycles. The Balaban J connectivity index is 2.74. The van der Waals surface area contributed by atoms with Gasteiger partial charge < -0.3 is 4.42 Å². The molecule has 5 heteroatoms. The fourth-order valence-corrected chi connectivity index (χ4v) is 1.39. The van der Waals surface area contributed by atoms with Gasteiger partial charge in [0.2, 0.25) is 0 Å². The Kier molecular flexibility index (Phi) is 1.99. The fourth-order valence-electron chi connectivity index (χ4n) is 1.39. The number of furan rings is 1. The highest BCUT2D eigenvalue weighted by molar-refractivity contribution is 5.81. The highest BCUT2D eigenvalue weighted by Crippen LogP contribution is 2.34. The molecule has 0 radical (unpaired) electrons. The van der Waals surface area contributed by atoms with Crippen LogP contribution in [0.5, 0.6) is 0 Å². The zero-order chi connectivity index (χ0) is 11.2. The zero-order valence-electron chi connectivity index (χ0n) is 7.65. The van der Waals surface area contributed by atoms with Crippen LogP contribution >= 0.6 is 0 Å². The summed E-state index contributed by atoms with van der Waals surface area (Å²) in [4.78, 5) is 0. The van der Waals surface area contributed by atoms with Gasteiger partial charge in [0.15, 0.2) is 0 Å². The van der Waals surface area contributed by atoms with Gasteiger partial charge in [-0.05, 0) is 24.6 Å². The van der Waals surface area contributed by atoms with Crippen LogP contribution in [0.2, 0.25) is 0 Å². The molecule has 1 aromatic heterocycles. The van der Waals surface area contributed by atoms with Gasteiger partial charge in [-0.25, -0.2) is 4.39 Å². The van der Waals surface area contributed by atoms with Crippen molar-refractivity contribution in [2.45, 2.75) is 13.1 Å². The molecule has 1 nitrogen and oxygen atoms in total. The normalized spacial score (nSPS) is 12.3. The van der Waals surface area contributed by atoms with Crippen molar-refractivity contribution in [3.63, 3.8) is 0 Å². The van der Waals surface area contributed by atoms with Gasteiger partial charge in [0.25, 0.3) is 0 Å². The van der Waals surface area contributed by atoms with Gasteiger partial charge in [0, 0.05) is 5.39 Å². The van der Waals surface area contributed by atoms with E-state index in [0.29, 0.717) is 17.0 Å². The Morgan fingerprint density at radius 3 is 2.47 bits per heavy atom. The van der Waals surface area contributed by atoms with Crippen LogP contribution in [0.15, 0.2) is 22.8 Å². The van der Waals surface area contributed by atoms with Crippen LogP contribution in [0.3, 0.4) is 0 Å². The summed E-state index contributed by atoms with van der Waals surface area (Å²) in [5.74, 6) is -1.28. The van der Waals surface area contributed by atoms with E-state index in [2.05, 4.69) is 0 Å². The lowest BCUT2D eigenvalue weighted by molar-refractivity contribution is -0.139. The Labute approximate surface area is 82.3 Å². The minimum atomic E-state index is -4.70. The SMILES string of the molecule is Cc1coc2cc(C(F)(F)F)c(F)cc12. The zero-order valence-corrected chi connectivity index (χ0v) is 7.65. The fraction of sp³-hybridized carbons (Fsp3) is 0.200. The number of benzene rings is 1. The molecule has 0 fully saturated rings. The molecule has 0 bridgehead atoms. The highest BCUT2D eigenvalue weighted by atomic mass is 19.4. The Morgan fingerprint density at radius 2 is 1.87 bits per heavy atom. The summed E-state index contributed by atoms with van der Waals surface area (Å²) in [7, 11) is 0. The van der Waals surface area contributed by atoms with Crippen LogP contribution in [-0.2, 0) is 6.18 Å². The van der Waals surface area contributed by atoms with Gasteiger partial charge in [-0.1, -0.05) is 0 Å². The van der Waals surface area contributed by atoms with Crippen molar-refractivity contribution in [1.29, 1.82) is 0 Å². The maximum atomic E-state index is 13.1. The molecule has 0 unspecified atom stereocenters. The number of hydrogen-bond acceptors (Lipinski definition) is 1. The lowest BCUT2D eigenvalue weighted by Gasteiger charge is -2.07. The van der Waals surface area contributed by atoms with Gasteiger partial charge in [0.1, 0.15) is 11.4 Å². The number of fused-ring (bicyclic) bond motifs is 1. The molecular weight excluding hydrogens is 212 g/mol. The lowest BCUT2D eigenvalue weighted by Crippen LogP contribution is -2.07. The molecule has 0 amide bonds. The van der Waals surface area contributed by atoms with Crippen LogP contribution in [-0.4, -0.2) is 0 Å². The molecule has 1 heterocycles. The van der Waals surface area contributed by atoms with Crippen molar-refractivity contribution in [2.24, 2.45) is 0 Å². The highest BCUT2D eigenvalue weighted by Gasteiger charge is 2.34. The minimum Gasteiger partial charge on any atom is -0.464 e. The molecule has 1 aromatic carbocycles. The summed E-state index contributed by atoms with van der Waals surface area (Å²) in [5, 5.41) is 0.362. The number of alkyl halides is 3. The summed E-state index contributed by atoms with van der Waals surface area (Å²) in [6.07, 6.45) is -3.40. The van der Waals surface area contributed by atoms with Crippen LogP contribution in [0.1, 0.15) is 11.1 Å². The van der Waals surface area contributed by atoms with E-state index in [0.717, 1.165) is 6.07 Å². The first-order valence-corrected chi connectivity index (χ1v) is 4.14. The molecule has 0 aliphatic carbocycles. The summed E-state index contributed by atoms with van der Waals surface area (Å²) in [5.41, 5.74) is -0.650. The van der Waals surface area contributed by atoms with E-state index < -0.39 is 17.6 Å². The van der Waals surface area contributed by atoms with Crippen molar-refractivity contribution in [2.75, 3.05) is 0 Å². The maximum Gasteiger partial charge on any atom is 0.419 e.